The maximum atomic E-state index is 13.2. The molecule has 0 fully saturated rings. The van der Waals surface area contributed by atoms with E-state index in [2.05, 4.69) is 4.98 Å². The Morgan fingerprint density at radius 2 is 2.08 bits per heavy atom. The van der Waals surface area contributed by atoms with Gasteiger partial charge in [0.2, 0.25) is 5.95 Å². The lowest BCUT2D eigenvalue weighted by atomic mass is 9.83. The van der Waals surface area contributed by atoms with Gasteiger partial charge in [-0.25, -0.2) is 4.98 Å². The van der Waals surface area contributed by atoms with Crippen molar-refractivity contribution < 1.29 is 4.39 Å². The minimum atomic E-state index is -0.468. The monoisotopic (exact) mass is 182 g/mol. The average molecular weight is 182 g/mol. The van der Waals surface area contributed by atoms with Crippen molar-refractivity contribution in [2.75, 3.05) is 0 Å². The zero-order valence-electron chi connectivity index (χ0n) is 8.21. The van der Waals surface area contributed by atoms with E-state index in [4.69, 9.17) is 5.73 Å². The molecule has 0 unspecified atom stereocenters. The van der Waals surface area contributed by atoms with Crippen LogP contribution < -0.4 is 5.73 Å². The Bertz CT molecular complexity index is 291. The van der Waals surface area contributed by atoms with E-state index in [1.165, 1.54) is 6.20 Å². The van der Waals surface area contributed by atoms with Gasteiger partial charge in [0.05, 0.1) is 0 Å². The Labute approximate surface area is 78.0 Å². The van der Waals surface area contributed by atoms with Crippen LogP contribution in [-0.4, -0.2) is 4.98 Å². The summed E-state index contributed by atoms with van der Waals surface area (Å²) in [5.41, 5.74) is 6.23. The molecular weight excluding hydrogens is 167 g/mol. The van der Waals surface area contributed by atoms with Crippen LogP contribution in [0.5, 0.6) is 0 Å². The molecule has 1 aromatic heterocycles. The van der Waals surface area contributed by atoms with Crippen LogP contribution in [0.25, 0.3) is 0 Å². The molecule has 2 N–H and O–H groups in total. The van der Waals surface area contributed by atoms with Crippen molar-refractivity contribution in [2.45, 2.75) is 26.8 Å². The van der Waals surface area contributed by atoms with Gasteiger partial charge in [-0.2, -0.15) is 4.39 Å². The molecule has 0 saturated heterocycles. The van der Waals surface area contributed by atoms with Crippen LogP contribution in [-0.2, 0) is 0 Å². The van der Waals surface area contributed by atoms with E-state index in [1.54, 1.807) is 12.1 Å². The van der Waals surface area contributed by atoms with Gasteiger partial charge in [-0.05, 0) is 11.5 Å². The Hall–Kier alpha value is -0.960. The summed E-state index contributed by atoms with van der Waals surface area (Å²) >= 11 is 0. The third kappa shape index (κ3) is 2.25. The quantitative estimate of drug-likeness (QED) is 0.676. The second-order valence-corrected chi connectivity index (χ2v) is 4.23. The largest absolute Gasteiger partial charge is 0.323 e. The van der Waals surface area contributed by atoms with Crippen LogP contribution in [0.3, 0.4) is 0 Å². The topological polar surface area (TPSA) is 38.9 Å². The molecule has 1 aromatic rings. The van der Waals surface area contributed by atoms with E-state index in [0.29, 0.717) is 5.56 Å². The van der Waals surface area contributed by atoms with Gasteiger partial charge in [-0.3, -0.25) is 0 Å². The molecule has 1 atom stereocenters. The van der Waals surface area contributed by atoms with Crippen molar-refractivity contribution in [3.05, 3.63) is 29.8 Å². The van der Waals surface area contributed by atoms with Gasteiger partial charge in [0.15, 0.2) is 0 Å². The van der Waals surface area contributed by atoms with E-state index < -0.39 is 5.95 Å². The van der Waals surface area contributed by atoms with E-state index in [1.807, 2.05) is 20.8 Å². The van der Waals surface area contributed by atoms with Crippen molar-refractivity contribution in [3.63, 3.8) is 0 Å². The summed E-state index contributed by atoms with van der Waals surface area (Å²) in [4.78, 5) is 3.57. The maximum Gasteiger partial charge on any atom is 0.217 e. The molecule has 0 aliphatic carbocycles. The number of hydrogen-bond acceptors (Lipinski definition) is 2. The molecule has 3 heteroatoms. The number of pyridine rings is 1. The lowest BCUT2D eigenvalue weighted by molar-refractivity contribution is 0.317. The van der Waals surface area contributed by atoms with Gasteiger partial charge in [-0.15, -0.1) is 0 Å². The first kappa shape index (κ1) is 10.1. The molecule has 0 aromatic carbocycles. The summed E-state index contributed by atoms with van der Waals surface area (Å²) in [7, 11) is 0. The Morgan fingerprint density at radius 1 is 1.46 bits per heavy atom. The van der Waals surface area contributed by atoms with Crippen LogP contribution in [0.2, 0.25) is 0 Å². The predicted octanol–water partition coefficient (Wildman–Crippen LogP) is 2.27. The van der Waals surface area contributed by atoms with Gasteiger partial charge in [0, 0.05) is 17.8 Å². The Morgan fingerprint density at radius 3 is 2.54 bits per heavy atom. The standard InChI is InChI=1S/C10H15FN2/c1-10(2,3)8(12)7-5-4-6-13-9(7)11/h4-6,8H,12H2,1-3H3/t8-/m0/s1. The Kier molecular flexibility index (Phi) is 2.66. The fraction of sp³-hybridized carbons (Fsp3) is 0.500. The summed E-state index contributed by atoms with van der Waals surface area (Å²) in [5, 5.41) is 0. The minimum Gasteiger partial charge on any atom is -0.323 e. The highest BCUT2D eigenvalue weighted by Gasteiger charge is 2.24. The second-order valence-electron chi connectivity index (χ2n) is 4.23. The third-order valence-corrected chi connectivity index (χ3v) is 2.06. The highest BCUT2D eigenvalue weighted by atomic mass is 19.1. The van der Waals surface area contributed by atoms with E-state index >= 15 is 0 Å². The lowest BCUT2D eigenvalue weighted by Crippen LogP contribution is -2.27. The summed E-state index contributed by atoms with van der Waals surface area (Å²) in [6.45, 7) is 5.93. The number of aromatic nitrogens is 1. The van der Waals surface area contributed by atoms with Crippen LogP contribution in [0.1, 0.15) is 32.4 Å². The first-order chi connectivity index (χ1) is 5.93. The molecule has 0 saturated carbocycles. The second kappa shape index (κ2) is 3.42. The van der Waals surface area contributed by atoms with Crippen molar-refractivity contribution >= 4 is 0 Å². The molecule has 0 radical (unpaired) electrons. The highest BCUT2D eigenvalue weighted by Crippen LogP contribution is 2.30. The number of nitrogens with zero attached hydrogens (tertiary/aromatic N) is 1. The van der Waals surface area contributed by atoms with Gasteiger partial charge >= 0.3 is 0 Å². The fourth-order valence-corrected chi connectivity index (χ4v) is 1.10. The van der Waals surface area contributed by atoms with Crippen LogP contribution in [0, 0.1) is 11.4 Å². The number of nitrogens with two attached hydrogens (primary N) is 1. The third-order valence-electron chi connectivity index (χ3n) is 2.06. The van der Waals surface area contributed by atoms with Gasteiger partial charge in [-0.1, -0.05) is 26.8 Å². The van der Waals surface area contributed by atoms with E-state index in [9.17, 15) is 4.39 Å². The fourth-order valence-electron chi connectivity index (χ4n) is 1.10. The van der Waals surface area contributed by atoms with Crippen molar-refractivity contribution in [2.24, 2.45) is 11.1 Å². The van der Waals surface area contributed by atoms with Gasteiger partial charge < -0.3 is 5.73 Å². The molecule has 2 nitrogen and oxygen atoms in total. The predicted molar refractivity (Wildman–Crippen MR) is 50.6 cm³/mol. The summed E-state index contributed by atoms with van der Waals surface area (Å²) in [5.74, 6) is -0.468. The first-order valence-electron chi connectivity index (χ1n) is 4.29. The van der Waals surface area contributed by atoms with Crippen molar-refractivity contribution in [1.29, 1.82) is 0 Å². The van der Waals surface area contributed by atoms with Crippen LogP contribution >= 0.6 is 0 Å². The molecular formula is C10H15FN2. The van der Waals surface area contributed by atoms with Crippen molar-refractivity contribution in [1.82, 2.24) is 4.98 Å². The zero-order valence-corrected chi connectivity index (χ0v) is 8.21. The molecule has 0 bridgehead atoms. The van der Waals surface area contributed by atoms with Gasteiger partial charge in [0.25, 0.3) is 0 Å². The molecule has 0 amide bonds. The summed E-state index contributed by atoms with van der Waals surface area (Å²) < 4.78 is 13.2. The normalized spacial score (nSPS) is 14.2. The number of hydrogen-bond donors (Lipinski definition) is 1. The maximum absolute atomic E-state index is 13.2. The highest BCUT2D eigenvalue weighted by molar-refractivity contribution is 5.17. The van der Waals surface area contributed by atoms with Crippen molar-refractivity contribution in [3.8, 4) is 0 Å². The molecule has 13 heavy (non-hydrogen) atoms. The van der Waals surface area contributed by atoms with Crippen LogP contribution in [0.15, 0.2) is 18.3 Å². The molecule has 1 heterocycles. The average Bonchev–Trinajstić information content (AvgIpc) is 2.02. The van der Waals surface area contributed by atoms with E-state index in [-0.39, 0.29) is 11.5 Å². The summed E-state index contributed by atoms with van der Waals surface area (Å²) in [6, 6.07) is 3.06. The molecule has 0 aliphatic heterocycles. The Balaban J connectivity index is 3.02. The smallest absolute Gasteiger partial charge is 0.217 e. The molecule has 0 aliphatic rings. The first-order valence-corrected chi connectivity index (χ1v) is 4.29. The lowest BCUT2D eigenvalue weighted by Gasteiger charge is -2.27. The minimum absolute atomic E-state index is 0.149. The molecule has 72 valence electrons. The molecule has 0 spiro atoms. The summed E-state index contributed by atoms with van der Waals surface area (Å²) in [6.07, 6.45) is 1.42. The molecule has 1 rings (SSSR count). The number of halogens is 1. The SMILES string of the molecule is CC(C)(C)[C@@H](N)c1cccnc1F. The van der Waals surface area contributed by atoms with Crippen LogP contribution in [0.4, 0.5) is 4.39 Å². The van der Waals surface area contributed by atoms with Gasteiger partial charge in [0.1, 0.15) is 0 Å². The van der Waals surface area contributed by atoms with E-state index in [0.717, 1.165) is 0 Å². The zero-order chi connectivity index (χ0) is 10.1. The number of rotatable bonds is 1.